The molecule has 100 valence electrons. The summed E-state index contributed by atoms with van der Waals surface area (Å²) in [5.41, 5.74) is 0.456. The number of aromatic nitrogens is 2. The summed E-state index contributed by atoms with van der Waals surface area (Å²) in [6, 6.07) is 0. The van der Waals surface area contributed by atoms with Crippen molar-refractivity contribution >= 4 is 5.91 Å². The lowest BCUT2D eigenvalue weighted by Crippen LogP contribution is -2.41. The first-order chi connectivity index (χ1) is 8.65. The van der Waals surface area contributed by atoms with Gasteiger partial charge in [0.2, 0.25) is 0 Å². The fraction of sp³-hybridized carbons (Fsp3) is 0.692. The molecular formula is C13H21N3O2. The van der Waals surface area contributed by atoms with Crippen LogP contribution in [0.2, 0.25) is 0 Å². The number of nitrogens with zero attached hydrogens (tertiary/aromatic N) is 2. The first-order valence-electron chi connectivity index (χ1n) is 6.53. The van der Waals surface area contributed by atoms with Gasteiger partial charge in [-0.15, -0.1) is 0 Å². The van der Waals surface area contributed by atoms with Gasteiger partial charge in [-0.05, 0) is 12.8 Å². The first kappa shape index (κ1) is 13.1. The predicted molar refractivity (Wildman–Crippen MR) is 68.1 cm³/mol. The molecule has 0 aliphatic heterocycles. The molecule has 1 aliphatic carbocycles. The van der Waals surface area contributed by atoms with Crippen LogP contribution in [0.1, 0.15) is 42.5 Å². The molecule has 1 aliphatic rings. The average Bonchev–Trinajstić information content (AvgIpc) is 2.84. The van der Waals surface area contributed by atoms with Crippen LogP contribution in [-0.2, 0) is 7.05 Å². The molecule has 2 rings (SSSR count). The van der Waals surface area contributed by atoms with Crippen LogP contribution in [0.5, 0.6) is 0 Å². The Bertz CT molecular complexity index is 408. The fourth-order valence-corrected chi connectivity index (χ4v) is 2.60. The lowest BCUT2D eigenvalue weighted by Gasteiger charge is -2.35. The highest BCUT2D eigenvalue weighted by Gasteiger charge is 2.31. The minimum absolute atomic E-state index is 0.110. The number of nitrogens with one attached hydrogen (secondary N) is 1. The van der Waals surface area contributed by atoms with Gasteiger partial charge < -0.3 is 10.4 Å². The minimum atomic E-state index is -0.115. The monoisotopic (exact) mass is 251 g/mol. The lowest BCUT2D eigenvalue weighted by atomic mass is 9.74. The molecule has 1 amide bonds. The second-order valence-corrected chi connectivity index (χ2v) is 5.30. The molecule has 1 heterocycles. The second-order valence-electron chi connectivity index (χ2n) is 5.30. The largest absolute Gasteiger partial charge is 0.396 e. The first-order valence-corrected chi connectivity index (χ1v) is 6.53. The molecule has 1 aromatic heterocycles. The van der Waals surface area contributed by atoms with E-state index >= 15 is 0 Å². The maximum Gasteiger partial charge on any atom is 0.254 e. The Balaban J connectivity index is 1.91. The third kappa shape index (κ3) is 2.90. The van der Waals surface area contributed by atoms with E-state index < -0.39 is 0 Å². The van der Waals surface area contributed by atoms with Gasteiger partial charge in [-0.25, -0.2) is 0 Å². The van der Waals surface area contributed by atoms with Gasteiger partial charge in [-0.1, -0.05) is 19.3 Å². The molecule has 0 aromatic carbocycles. The Kier molecular flexibility index (Phi) is 4.01. The van der Waals surface area contributed by atoms with Crippen LogP contribution in [0, 0.1) is 5.41 Å². The quantitative estimate of drug-likeness (QED) is 0.842. The molecule has 0 saturated heterocycles. The van der Waals surface area contributed by atoms with E-state index in [1.165, 1.54) is 6.42 Å². The topological polar surface area (TPSA) is 67.2 Å². The molecule has 0 unspecified atom stereocenters. The molecule has 5 nitrogen and oxygen atoms in total. The van der Waals surface area contributed by atoms with Crippen molar-refractivity contribution in [2.45, 2.75) is 32.1 Å². The molecule has 0 spiro atoms. The highest BCUT2D eigenvalue weighted by Crippen LogP contribution is 2.35. The second kappa shape index (κ2) is 5.52. The number of carbonyl (C=O) groups excluding carboxylic acids is 1. The van der Waals surface area contributed by atoms with Gasteiger partial charge in [-0.3, -0.25) is 9.48 Å². The zero-order chi connectivity index (χ0) is 13.0. The highest BCUT2D eigenvalue weighted by molar-refractivity contribution is 5.93. The van der Waals surface area contributed by atoms with E-state index in [4.69, 9.17) is 0 Å². The van der Waals surface area contributed by atoms with Crippen molar-refractivity contribution in [3.63, 3.8) is 0 Å². The summed E-state index contributed by atoms with van der Waals surface area (Å²) in [6.45, 7) is 0.706. The van der Waals surface area contributed by atoms with E-state index in [2.05, 4.69) is 10.4 Å². The number of aryl methyl sites for hydroxylation is 1. The number of carbonyl (C=O) groups is 1. The van der Waals surface area contributed by atoms with E-state index in [0.29, 0.717) is 12.1 Å². The van der Waals surface area contributed by atoms with Crippen molar-refractivity contribution in [2.75, 3.05) is 13.2 Å². The van der Waals surface area contributed by atoms with Crippen molar-refractivity contribution in [3.05, 3.63) is 18.0 Å². The zero-order valence-corrected chi connectivity index (χ0v) is 10.9. The third-order valence-corrected chi connectivity index (χ3v) is 3.84. The summed E-state index contributed by atoms with van der Waals surface area (Å²) >= 11 is 0. The Morgan fingerprint density at radius 2 is 2.22 bits per heavy atom. The zero-order valence-electron chi connectivity index (χ0n) is 10.9. The lowest BCUT2D eigenvalue weighted by molar-refractivity contribution is 0.0718. The summed E-state index contributed by atoms with van der Waals surface area (Å²) < 4.78 is 1.61. The standard InChI is InChI=1S/C13H21N3O2/c1-16-8-11(7-15-16)12(18)14-9-13(10-17)5-3-2-4-6-13/h7-8,17H,2-6,9-10H2,1H3,(H,14,18). The van der Waals surface area contributed by atoms with E-state index in [9.17, 15) is 9.90 Å². The smallest absolute Gasteiger partial charge is 0.254 e. The summed E-state index contributed by atoms with van der Waals surface area (Å²) in [5, 5.41) is 16.5. The summed E-state index contributed by atoms with van der Waals surface area (Å²) in [6.07, 6.45) is 8.77. The maximum absolute atomic E-state index is 11.9. The molecular weight excluding hydrogens is 230 g/mol. The van der Waals surface area contributed by atoms with Gasteiger partial charge in [-0.2, -0.15) is 5.10 Å². The van der Waals surface area contributed by atoms with Crippen LogP contribution in [0.25, 0.3) is 0 Å². The molecule has 5 heteroatoms. The van der Waals surface area contributed by atoms with Crippen molar-refractivity contribution in [1.29, 1.82) is 0 Å². The number of aliphatic hydroxyl groups is 1. The van der Waals surface area contributed by atoms with Crippen LogP contribution in [0.15, 0.2) is 12.4 Å². The number of amides is 1. The molecule has 1 fully saturated rings. The van der Waals surface area contributed by atoms with Crippen molar-refractivity contribution in [3.8, 4) is 0 Å². The normalized spacial score (nSPS) is 18.6. The Morgan fingerprint density at radius 3 is 2.78 bits per heavy atom. The van der Waals surface area contributed by atoms with E-state index in [0.717, 1.165) is 25.7 Å². The van der Waals surface area contributed by atoms with Gasteiger partial charge in [0.05, 0.1) is 18.4 Å². The number of hydrogen-bond donors (Lipinski definition) is 2. The van der Waals surface area contributed by atoms with E-state index in [1.807, 2.05) is 0 Å². The number of aliphatic hydroxyl groups excluding tert-OH is 1. The molecule has 1 aromatic rings. The predicted octanol–water partition coefficient (Wildman–Crippen LogP) is 1.09. The van der Waals surface area contributed by atoms with E-state index in [1.54, 1.807) is 24.1 Å². The molecule has 18 heavy (non-hydrogen) atoms. The van der Waals surface area contributed by atoms with Gasteiger partial charge >= 0.3 is 0 Å². The molecule has 0 bridgehead atoms. The highest BCUT2D eigenvalue weighted by atomic mass is 16.3. The Labute approximate surface area is 107 Å². The van der Waals surface area contributed by atoms with Crippen molar-refractivity contribution < 1.29 is 9.90 Å². The van der Waals surface area contributed by atoms with Crippen LogP contribution in [-0.4, -0.2) is 33.9 Å². The molecule has 0 atom stereocenters. The maximum atomic E-state index is 11.9. The van der Waals surface area contributed by atoms with Crippen molar-refractivity contribution in [2.24, 2.45) is 12.5 Å². The number of rotatable bonds is 4. The molecule has 2 N–H and O–H groups in total. The average molecular weight is 251 g/mol. The summed E-state index contributed by atoms with van der Waals surface area (Å²) in [7, 11) is 1.78. The number of hydrogen-bond acceptors (Lipinski definition) is 3. The van der Waals surface area contributed by atoms with Crippen LogP contribution in [0.4, 0.5) is 0 Å². The van der Waals surface area contributed by atoms with Gasteiger partial charge in [0.1, 0.15) is 0 Å². The minimum Gasteiger partial charge on any atom is -0.396 e. The fourth-order valence-electron chi connectivity index (χ4n) is 2.60. The van der Waals surface area contributed by atoms with Crippen LogP contribution < -0.4 is 5.32 Å². The molecule has 1 saturated carbocycles. The Morgan fingerprint density at radius 1 is 1.50 bits per heavy atom. The van der Waals surface area contributed by atoms with Crippen LogP contribution >= 0.6 is 0 Å². The Hall–Kier alpha value is -1.36. The summed E-state index contributed by atoms with van der Waals surface area (Å²) in [4.78, 5) is 11.9. The van der Waals surface area contributed by atoms with Gasteiger partial charge in [0.25, 0.3) is 5.91 Å². The SMILES string of the molecule is Cn1cc(C(=O)NCC2(CO)CCCCC2)cn1. The van der Waals surface area contributed by atoms with Crippen molar-refractivity contribution in [1.82, 2.24) is 15.1 Å². The van der Waals surface area contributed by atoms with E-state index in [-0.39, 0.29) is 17.9 Å². The molecule has 0 radical (unpaired) electrons. The third-order valence-electron chi connectivity index (χ3n) is 3.84. The van der Waals surface area contributed by atoms with Crippen LogP contribution in [0.3, 0.4) is 0 Å². The van der Waals surface area contributed by atoms with Gasteiger partial charge in [0.15, 0.2) is 0 Å². The van der Waals surface area contributed by atoms with Gasteiger partial charge in [0, 0.05) is 25.2 Å². The summed E-state index contributed by atoms with van der Waals surface area (Å²) in [5.74, 6) is -0.110.